The van der Waals surface area contributed by atoms with Gasteiger partial charge in [0.1, 0.15) is 6.54 Å². The molecule has 7 heteroatoms. The van der Waals surface area contributed by atoms with Gasteiger partial charge in [0, 0.05) is 13.1 Å². The fourth-order valence-electron chi connectivity index (χ4n) is 1.95. The van der Waals surface area contributed by atoms with Crippen molar-refractivity contribution in [3.05, 3.63) is 0 Å². The first-order valence-corrected chi connectivity index (χ1v) is 6.41. The fourth-order valence-corrected chi connectivity index (χ4v) is 1.95. The Balaban J connectivity index is 2.27. The van der Waals surface area contributed by atoms with Crippen molar-refractivity contribution < 1.29 is 19.5 Å². The van der Waals surface area contributed by atoms with E-state index in [0.29, 0.717) is 24.9 Å². The topological polar surface area (TPSA) is 98.7 Å². The van der Waals surface area contributed by atoms with E-state index in [1.54, 1.807) is 4.90 Å². The Morgan fingerprint density at radius 3 is 2.42 bits per heavy atom. The highest BCUT2D eigenvalue weighted by molar-refractivity contribution is 5.86. The number of carbonyl (C=O) groups excluding carboxylic acids is 2. The monoisotopic (exact) mass is 271 g/mol. The van der Waals surface area contributed by atoms with E-state index in [1.165, 1.54) is 0 Å². The average Bonchev–Trinajstić information content (AvgIpc) is 2.36. The summed E-state index contributed by atoms with van der Waals surface area (Å²) in [7, 11) is 0. The van der Waals surface area contributed by atoms with E-state index in [4.69, 9.17) is 5.11 Å². The molecule has 0 aromatic carbocycles. The Morgan fingerprint density at radius 1 is 1.16 bits per heavy atom. The summed E-state index contributed by atoms with van der Waals surface area (Å²) in [5.41, 5.74) is 0. The van der Waals surface area contributed by atoms with Crippen molar-refractivity contribution in [1.82, 2.24) is 15.5 Å². The Kier molecular flexibility index (Phi) is 5.59. The van der Waals surface area contributed by atoms with Crippen LogP contribution in [0.1, 0.15) is 20.3 Å². The SMILES string of the molecule is CC1CCN(C(=O)NCC(=O)NCC(=O)O)CC1C. The molecule has 19 heavy (non-hydrogen) atoms. The highest BCUT2D eigenvalue weighted by Crippen LogP contribution is 2.22. The molecule has 7 nitrogen and oxygen atoms in total. The highest BCUT2D eigenvalue weighted by atomic mass is 16.4. The Morgan fingerprint density at radius 2 is 1.84 bits per heavy atom. The van der Waals surface area contributed by atoms with Crippen LogP contribution >= 0.6 is 0 Å². The van der Waals surface area contributed by atoms with Gasteiger partial charge in [-0.2, -0.15) is 0 Å². The Bertz CT molecular complexity index is 359. The number of piperidine rings is 1. The van der Waals surface area contributed by atoms with Crippen molar-refractivity contribution in [2.75, 3.05) is 26.2 Å². The van der Waals surface area contributed by atoms with Crippen LogP contribution in [0.2, 0.25) is 0 Å². The molecular weight excluding hydrogens is 250 g/mol. The largest absolute Gasteiger partial charge is 0.480 e. The molecule has 2 unspecified atom stereocenters. The summed E-state index contributed by atoms with van der Waals surface area (Å²) in [6.07, 6.45) is 0.958. The summed E-state index contributed by atoms with van der Waals surface area (Å²) in [6, 6.07) is -0.274. The van der Waals surface area contributed by atoms with Crippen LogP contribution < -0.4 is 10.6 Å². The Hall–Kier alpha value is -1.79. The average molecular weight is 271 g/mol. The molecule has 3 N–H and O–H groups in total. The molecule has 0 aliphatic carbocycles. The molecule has 1 heterocycles. The van der Waals surface area contributed by atoms with E-state index in [1.807, 2.05) is 0 Å². The van der Waals surface area contributed by atoms with E-state index in [2.05, 4.69) is 24.5 Å². The van der Waals surface area contributed by atoms with Gasteiger partial charge < -0.3 is 20.6 Å². The fraction of sp³-hybridized carbons (Fsp3) is 0.750. The van der Waals surface area contributed by atoms with Gasteiger partial charge in [0.05, 0.1) is 6.54 Å². The van der Waals surface area contributed by atoms with Crippen LogP contribution in [-0.4, -0.2) is 54.1 Å². The number of carboxylic acid groups (broad SMARTS) is 1. The standard InChI is InChI=1S/C12H21N3O4/c1-8-3-4-15(7-9(8)2)12(19)14-5-10(16)13-6-11(17)18/h8-9H,3-7H2,1-2H3,(H,13,16)(H,14,19)(H,17,18). The number of rotatable bonds is 4. The number of carboxylic acids is 1. The maximum absolute atomic E-state index is 11.8. The second kappa shape index (κ2) is 6.96. The van der Waals surface area contributed by atoms with Crippen LogP contribution in [0.25, 0.3) is 0 Å². The molecule has 108 valence electrons. The van der Waals surface area contributed by atoms with Gasteiger partial charge in [0.2, 0.25) is 5.91 Å². The number of urea groups is 1. The lowest BCUT2D eigenvalue weighted by molar-refractivity contribution is -0.137. The zero-order valence-electron chi connectivity index (χ0n) is 11.3. The first kappa shape index (κ1) is 15.3. The summed E-state index contributed by atoms with van der Waals surface area (Å²) in [4.78, 5) is 35.0. The molecule has 0 radical (unpaired) electrons. The normalized spacial score (nSPS) is 22.7. The van der Waals surface area contributed by atoms with Crippen molar-refractivity contribution in [2.24, 2.45) is 11.8 Å². The van der Waals surface area contributed by atoms with Crippen LogP contribution in [0, 0.1) is 11.8 Å². The second-order valence-corrected chi connectivity index (χ2v) is 5.02. The lowest BCUT2D eigenvalue weighted by atomic mass is 9.89. The molecule has 0 aromatic heterocycles. The molecular formula is C12H21N3O4. The predicted octanol–water partition coefficient (Wildman–Crippen LogP) is -0.125. The first-order chi connectivity index (χ1) is 8.90. The number of hydrogen-bond donors (Lipinski definition) is 3. The maximum Gasteiger partial charge on any atom is 0.322 e. The van der Waals surface area contributed by atoms with Gasteiger partial charge in [-0.05, 0) is 18.3 Å². The van der Waals surface area contributed by atoms with Gasteiger partial charge in [-0.15, -0.1) is 0 Å². The molecule has 0 bridgehead atoms. The molecule has 2 atom stereocenters. The smallest absolute Gasteiger partial charge is 0.322 e. The van der Waals surface area contributed by atoms with E-state index >= 15 is 0 Å². The van der Waals surface area contributed by atoms with E-state index < -0.39 is 18.4 Å². The van der Waals surface area contributed by atoms with E-state index in [-0.39, 0.29) is 12.6 Å². The summed E-state index contributed by atoms with van der Waals surface area (Å²) in [6.45, 7) is 5.00. The number of hydrogen-bond acceptors (Lipinski definition) is 3. The second-order valence-electron chi connectivity index (χ2n) is 5.02. The van der Waals surface area contributed by atoms with E-state index in [9.17, 15) is 14.4 Å². The van der Waals surface area contributed by atoms with Crippen LogP contribution in [0.5, 0.6) is 0 Å². The number of carbonyl (C=O) groups is 3. The van der Waals surface area contributed by atoms with Crippen molar-refractivity contribution in [2.45, 2.75) is 20.3 Å². The lowest BCUT2D eigenvalue weighted by Gasteiger charge is -2.35. The van der Waals surface area contributed by atoms with Crippen LogP contribution in [-0.2, 0) is 9.59 Å². The molecule has 1 fully saturated rings. The molecule has 1 aliphatic heterocycles. The number of amides is 3. The molecule has 0 saturated carbocycles. The zero-order chi connectivity index (χ0) is 14.4. The number of nitrogens with zero attached hydrogens (tertiary/aromatic N) is 1. The maximum atomic E-state index is 11.8. The third-order valence-electron chi connectivity index (χ3n) is 3.46. The summed E-state index contributed by atoms with van der Waals surface area (Å²) in [5, 5.41) is 13.1. The third kappa shape index (κ3) is 5.15. The summed E-state index contributed by atoms with van der Waals surface area (Å²) >= 11 is 0. The Labute approximate surface area is 112 Å². The molecule has 3 amide bonds. The van der Waals surface area contributed by atoms with Gasteiger partial charge in [-0.25, -0.2) is 4.79 Å². The number of aliphatic carboxylic acids is 1. The van der Waals surface area contributed by atoms with Gasteiger partial charge in [-0.1, -0.05) is 13.8 Å². The minimum absolute atomic E-state index is 0.202. The predicted molar refractivity (Wildman–Crippen MR) is 68.6 cm³/mol. The van der Waals surface area contributed by atoms with Gasteiger partial charge in [0.15, 0.2) is 0 Å². The molecule has 1 saturated heterocycles. The highest BCUT2D eigenvalue weighted by Gasteiger charge is 2.25. The van der Waals surface area contributed by atoms with Crippen LogP contribution in [0.15, 0.2) is 0 Å². The van der Waals surface area contributed by atoms with Gasteiger partial charge in [-0.3, -0.25) is 9.59 Å². The van der Waals surface area contributed by atoms with Crippen molar-refractivity contribution >= 4 is 17.9 Å². The minimum atomic E-state index is -1.11. The minimum Gasteiger partial charge on any atom is -0.480 e. The molecule has 1 aliphatic rings. The van der Waals surface area contributed by atoms with Crippen LogP contribution in [0.4, 0.5) is 4.79 Å². The third-order valence-corrected chi connectivity index (χ3v) is 3.46. The summed E-state index contributed by atoms with van der Waals surface area (Å²) in [5.74, 6) is -0.573. The van der Waals surface area contributed by atoms with Gasteiger partial charge in [0.25, 0.3) is 0 Å². The first-order valence-electron chi connectivity index (χ1n) is 6.41. The van der Waals surface area contributed by atoms with Gasteiger partial charge >= 0.3 is 12.0 Å². The summed E-state index contributed by atoms with van der Waals surface area (Å²) < 4.78 is 0. The molecule has 0 aromatic rings. The number of likely N-dealkylation sites (tertiary alicyclic amines) is 1. The zero-order valence-corrected chi connectivity index (χ0v) is 11.3. The van der Waals surface area contributed by atoms with E-state index in [0.717, 1.165) is 6.42 Å². The molecule has 1 rings (SSSR count). The van der Waals surface area contributed by atoms with Crippen molar-refractivity contribution in [3.8, 4) is 0 Å². The number of nitrogens with one attached hydrogen (secondary N) is 2. The lowest BCUT2D eigenvalue weighted by Crippen LogP contribution is -2.49. The van der Waals surface area contributed by atoms with Crippen molar-refractivity contribution in [1.29, 1.82) is 0 Å². The van der Waals surface area contributed by atoms with Crippen LogP contribution in [0.3, 0.4) is 0 Å². The van der Waals surface area contributed by atoms with Crippen molar-refractivity contribution in [3.63, 3.8) is 0 Å². The molecule has 0 spiro atoms. The quantitative estimate of drug-likeness (QED) is 0.663.